The Morgan fingerprint density at radius 2 is 1.73 bits per heavy atom. The lowest BCUT2D eigenvalue weighted by Crippen LogP contribution is -2.20. The lowest BCUT2D eigenvalue weighted by molar-refractivity contribution is 0.0238. The Labute approximate surface area is 89.1 Å². The SMILES string of the molecule is CC(C)C(C)OC(=O)c1ccc(F)cc1. The number of esters is 1. The van der Waals surface area contributed by atoms with Crippen molar-refractivity contribution in [1.82, 2.24) is 0 Å². The summed E-state index contributed by atoms with van der Waals surface area (Å²) in [5, 5.41) is 0. The molecule has 15 heavy (non-hydrogen) atoms. The molecule has 0 amide bonds. The highest BCUT2D eigenvalue weighted by Gasteiger charge is 2.14. The van der Waals surface area contributed by atoms with Crippen LogP contribution in [0.25, 0.3) is 0 Å². The second-order valence-corrected chi connectivity index (χ2v) is 3.86. The van der Waals surface area contributed by atoms with Crippen LogP contribution in [0.2, 0.25) is 0 Å². The zero-order chi connectivity index (χ0) is 11.4. The number of benzene rings is 1. The molecule has 2 nitrogen and oxygen atoms in total. The highest BCUT2D eigenvalue weighted by molar-refractivity contribution is 5.89. The second-order valence-electron chi connectivity index (χ2n) is 3.86. The van der Waals surface area contributed by atoms with E-state index >= 15 is 0 Å². The van der Waals surface area contributed by atoms with Gasteiger partial charge in [0.1, 0.15) is 11.9 Å². The molecule has 0 heterocycles. The van der Waals surface area contributed by atoms with Crippen molar-refractivity contribution < 1.29 is 13.9 Å². The van der Waals surface area contributed by atoms with Crippen LogP contribution >= 0.6 is 0 Å². The second kappa shape index (κ2) is 4.91. The van der Waals surface area contributed by atoms with Crippen LogP contribution in [0.3, 0.4) is 0 Å². The Morgan fingerprint density at radius 3 is 2.20 bits per heavy atom. The van der Waals surface area contributed by atoms with Crippen LogP contribution < -0.4 is 0 Å². The lowest BCUT2D eigenvalue weighted by atomic mass is 10.1. The number of carbonyl (C=O) groups is 1. The van der Waals surface area contributed by atoms with E-state index < -0.39 is 5.97 Å². The van der Waals surface area contributed by atoms with Crippen molar-refractivity contribution in [1.29, 1.82) is 0 Å². The van der Waals surface area contributed by atoms with Gasteiger partial charge in [-0.15, -0.1) is 0 Å². The van der Waals surface area contributed by atoms with E-state index in [9.17, 15) is 9.18 Å². The molecule has 1 unspecified atom stereocenters. The normalized spacial score (nSPS) is 12.6. The molecule has 1 rings (SSSR count). The number of hydrogen-bond donors (Lipinski definition) is 0. The molecule has 0 aliphatic rings. The van der Waals surface area contributed by atoms with Gasteiger partial charge in [0.15, 0.2) is 0 Å². The molecule has 1 aromatic rings. The summed E-state index contributed by atoms with van der Waals surface area (Å²) in [6.07, 6.45) is -0.137. The summed E-state index contributed by atoms with van der Waals surface area (Å²) in [5.41, 5.74) is 0.379. The Kier molecular flexibility index (Phi) is 3.83. The Balaban J connectivity index is 2.65. The van der Waals surface area contributed by atoms with Crippen LogP contribution in [0.5, 0.6) is 0 Å². The summed E-state index contributed by atoms with van der Waals surface area (Å²) in [5.74, 6) is -0.492. The molecule has 0 saturated heterocycles. The number of hydrogen-bond acceptors (Lipinski definition) is 2. The van der Waals surface area contributed by atoms with Gasteiger partial charge in [0.2, 0.25) is 0 Å². The van der Waals surface area contributed by atoms with E-state index in [1.165, 1.54) is 24.3 Å². The predicted octanol–water partition coefficient (Wildman–Crippen LogP) is 3.03. The third-order valence-electron chi connectivity index (χ3n) is 2.31. The van der Waals surface area contributed by atoms with Crippen molar-refractivity contribution in [2.75, 3.05) is 0 Å². The molecule has 0 fully saturated rings. The van der Waals surface area contributed by atoms with Crippen molar-refractivity contribution >= 4 is 5.97 Å². The van der Waals surface area contributed by atoms with Crippen LogP contribution in [-0.2, 0) is 4.74 Å². The number of rotatable bonds is 3. The van der Waals surface area contributed by atoms with Gasteiger partial charge in [-0.05, 0) is 37.1 Å². The van der Waals surface area contributed by atoms with Crippen molar-refractivity contribution in [2.24, 2.45) is 5.92 Å². The van der Waals surface area contributed by atoms with Crippen LogP contribution in [0.15, 0.2) is 24.3 Å². The summed E-state index contributed by atoms with van der Waals surface area (Å²) in [4.78, 5) is 11.5. The molecule has 0 aliphatic carbocycles. The number of halogens is 1. The monoisotopic (exact) mass is 210 g/mol. The van der Waals surface area contributed by atoms with Gasteiger partial charge in [0.25, 0.3) is 0 Å². The first kappa shape index (κ1) is 11.7. The van der Waals surface area contributed by atoms with Crippen LogP contribution in [0.1, 0.15) is 31.1 Å². The van der Waals surface area contributed by atoms with Gasteiger partial charge in [-0.1, -0.05) is 13.8 Å². The van der Waals surface area contributed by atoms with E-state index in [2.05, 4.69) is 0 Å². The molecule has 0 N–H and O–H groups in total. The molecule has 3 heteroatoms. The molecule has 0 aromatic heterocycles. The summed E-state index contributed by atoms with van der Waals surface area (Å²) < 4.78 is 17.8. The minimum atomic E-state index is -0.406. The smallest absolute Gasteiger partial charge is 0.338 e. The fourth-order valence-corrected chi connectivity index (χ4v) is 0.959. The Bertz CT molecular complexity index is 330. The molecular formula is C12H15FO2. The van der Waals surface area contributed by atoms with Crippen LogP contribution in [0.4, 0.5) is 4.39 Å². The van der Waals surface area contributed by atoms with E-state index in [1.54, 1.807) is 0 Å². The molecule has 0 bridgehead atoms. The molecule has 1 aromatic carbocycles. The third-order valence-corrected chi connectivity index (χ3v) is 2.31. The fraction of sp³-hybridized carbons (Fsp3) is 0.417. The van der Waals surface area contributed by atoms with Gasteiger partial charge < -0.3 is 4.74 Å². The first-order chi connectivity index (χ1) is 7.00. The topological polar surface area (TPSA) is 26.3 Å². The molecular weight excluding hydrogens is 195 g/mol. The summed E-state index contributed by atoms with van der Waals surface area (Å²) in [6, 6.07) is 5.34. The standard InChI is InChI=1S/C12H15FO2/c1-8(2)9(3)15-12(14)10-4-6-11(13)7-5-10/h4-9H,1-3H3. The van der Waals surface area contributed by atoms with E-state index in [1.807, 2.05) is 20.8 Å². The van der Waals surface area contributed by atoms with Gasteiger partial charge in [-0.2, -0.15) is 0 Å². The van der Waals surface area contributed by atoms with E-state index in [0.717, 1.165) is 0 Å². The van der Waals surface area contributed by atoms with E-state index in [4.69, 9.17) is 4.74 Å². The van der Waals surface area contributed by atoms with Crippen molar-refractivity contribution in [3.8, 4) is 0 Å². The average Bonchev–Trinajstić information content (AvgIpc) is 2.18. The lowest BCUT2D eigenvalue weighted by Gasteiger charge is -2.16. The highest BCUT2D eigenvalue weighted by atomic mass is 19.1. The summed E-state index contributed by atoms with van der Waals surface area (Å²) >= 11 is 0. The molecule has 0 aliphatic heterocycles. The molecule has 0 spiro atoms. The van der Waals surface area contributed by atoms with Gasteiger partial charge >= 0.3 is 5.97 Å². The Hall–Kier alpha value is -1.38. The first-order valence-electron chi connectivity index (χ1n) is 4.97. The predicted molar refractivity (Wildman–Crippen MR) is 56.1 cm³/mol. The highest BCUT2D eigenvalue weighted by Crippen LogP contribution is 2.10. The molecule has 0 radical (unpaired) electrons. The molecule has 1 atom stereocenters. The number of ether oxygens (including phenoxy) is 1. The van der Waals surface area contributed by atoms with Gasteiger partial charge in [-0.3, -0.25) is 0 Å². The fourth-order valence-electron chi connectivity index (χ4n) is 0.959. The molecule has 82 valence electrons. The minimum absolute atomic E-state index is 0.137. The van der Waals surface area contributed by atoms with Crippen molar-refractivity contribution in [2.45, 2.75) is 26.9 Å². The van der Waals surface area contributed by atoms with Crippen molar-refractivity contribution in [3.05, 3.63) is 35.6 Å². The van der Waals surface area contributed by atoms with E-state index in [0.29, 0.717) is 5.56 Å². The quantitative estimate of drug-likeness (QED) is 0.717. The minimum Gasteiger partial charge on any atom is -0.459 e. The van der Waals surface area contributed by atoms with Crippen LogP contribution in [0, 0.1) is 11.7 Å². The maximum atomic E-state index is 12.6. The van der Waals surface area contributed by atoms with E-state index in [-0.39, 0.29) is 17.8 Å². The largest absolute Gasteiger partial charge is 0.459 e. The van der Waals surface area contributed by atoms with Crippen molar-refractivity contribution in [3.63, 3.8) is 0 Å². The average molecular weight is 210 g/mol. The molecule has 0 saturated carbocycles. The summed E-state index contributed by atoms with van der Waals surface area (Å²) in [7, 11) is 0. The third kappa shape index (κ3) is 3.35. The van der Waals surface area contributed by atoms with Gasteiger partial charge in [0, 0.05) is 0 Å². The Morgan fingerprint density at radius 1 is 1.20 bits per heavy atom. The van der Waals surface area contributed by atoms with Gasteiger partial charge in [0.05, 0.1) is 5.56 Å². The van der Waals surface area contributed by atoms with Crippen LogP contribution in [-0.4, -0.2) is 12.1 Å². The van der Waals surface area contributed by atoms with Gasteiger partial charge in [-0.25, -0.2) is 9.18 Å². The summed E-state index contributed by atoms with van der Waals surface area (Å²) in [6.45, 7) is 5.79. The zero-order valence-corrected chi connectivity index (χ0v) is 9.16. The maximum absolute atomic E-state index is 12.6. The first-order valence-corrected chi connectivity index (χ1v) is 4.97. The zero-order valence-electron chi connectivity index (χ0n) is 9.16. The number of carbonyl (C=O) groups excluding carboxylic acids is 1. The maximum Gasteiger partial charge on any atom is 0.338 e.